The number of halogens is 2. The second-order valence-electron chi connectivity index (χ2n) is 6.13. The number of esters is 1. The Morgan fingerprint density at radius 1 is 1.56 bits per heavy atom. The summed E-state index contributed by atoms with van der Waals surface area (Å²) in [5, 5.41) is 1.41. The lowest BCUT2D eigenvalue weighted by molar-refractivity contribution is -0.138. The van der Waals surface area contributed by atoms with Crippen molar-refractivity contribution >= 4 is 23.3 Å². The van der Waals surface area contributed by atoms with Crippen molar-refractivity contribution in [3.8, 4) is 0 Å². The van der Waals surface area contributed by atoms with Gasteiger partial charge in [0.1, 0.15) is 11.5 Å². The lowest BCUT2D eigenvalue weighted by atomic mass is 9.98. The number of carbonyl (C=O) groups excluding carboxylic acids is 1. The molecule has 1 aromatic rings. The number of aliphatic imine (C=N–C) groups is 1. The van der Waals surface area contributed by atoms with E-state index in [0.717, 1.165) is 17.9 Å². The fourth-order valence-corrected chi connectivity index (χ4v) is 3.05. The molecule has 132 valence electrons. The topological polar surface area (TPSA) is 67.9 Å². The molecule has 0 saturated heterocycles. The summed E-state index contributed by atoms with van der Waals surface area (Å²) in [6.45, 7) is 3.77. The third-order valence-corrected chi connectivity index (χ3v) is 4.60. The Morgan fingerprint density at radius 2 is 2.28 bits per heavy atom. The van der Waals surface area contributed by atoms with Gasteiger partial charge in [-0.3, -0.25) is 10.0 Å². The molecule has 2 N–H and O–H groups in total. The van der Waals surface area contributed by atoms with E-state index in [9.17, 15) is 9.18 Å². The minimum absolute atomic E-state index is 0.127. The van der Waals surface area contributed by atoms with Crippen LogP contribution in [0.3, 0.4) is 0 Å². The number of hydrogen-bond donors (Lipinski definition) is 1. The van der Waals surface area contributed by atoms with Gasteiger partial charge in [-0.15, -0.1) is 0 Å². The van der Waals surface area contributed by atoms with Crippen molar-refractivity contribution in [1.82, 2.24) is 5.01 Å². The molecule has 7 heteroatoms. The number of methoxy groups -OCH3 is 1. The summed E-state index contributed by atoms with van der Waals surface area (Å²) >= 11 is 5.83. The maximum Gasteiger partial charge on any atom is 0.356 e. The molecule has 3 rings (SSSR count). The van der Waals surface area contributed by atoms with Crippen LogP contribution in [0.5, 0.6) is 0 Å². The van der Waals surface area contributed by atoms with Gasteiger partial charge in [0.15, 0.2) is 6.17 Å². The minimum Gasteiger partial charge on any atom is -0.464 e. The van der Waals surface area contributed by atoms with Crippen LogP contribution in [0.2, 0.25) is 5.02 Å². The Kier molecular flexibility index (Phi) is 4.92. The highest BCUT2D eigenvalue weighted by Crippen LogP contribution is 2.39. The summed E-state index contributed by atoms with van der Waals surface area (Å²) in [6, 6.07) is 4.29. The van der Waals surface area contributed by atoms with E-state index >= 15 is 0 Å². The van der Waals surface area contributed by atoms with Crippen LogP contribution in [0, 0.1) is 11.7 Å². The second-order valence-corrected chi connectivity index (χ2v) is 6.56. The molecule has 0 radical (unpaired) electrons. The maximum atomic E-state index is 14.4. The summed E-state index contributed by atoms with van der Waals surface area (Å²) in [5.74, 6) is 5.51. The monoisotopic (exact) mass is 363 g/mol. The summed E-state index contributed by atoms with van der Waals surface area (Å²) in [6.07, 6.45) is 3.60. The van der Waals surface area contributed by atoms with E-state index in [1.54, 1.807) is 12.1 Å². The van der Waals surface area contributed by atoms with Gasteiger partial charge in [-0.25, -0.2) is 15.0 Å². The third kappa shape index (κ3) is 3.45. The van der Waals surface area contributed by atoms with E-state index in [1.807, 2.05) is 0 Å². The molecule has 1 fully saturated rings. The third-order valence-electron chi connectivity index (χ3n) is 4.37. The first-order valence-corrected chi connectivity index (χ1v) is 8.35. The van der Waals surface area contributed by atoms with Crippen molar-refractivity contribution in [3.05, 3.63) is 58.5 Å². The predicted molar refractivity (Wildman–Crippen MR) is 94.2 cm³/mol. The summed E-state index contributed by atoms with van der Waals surface area (Å²) < 4.78 is 19.3. The molecule has 1 aliphatic carbocycles. The summed E-state index contributed by atoms with van der Waals surface area (Å²) in [7, 11) is 1.27. The quantitative estimate of drug-likeness (QED) is 0.642. The highest BCUT2D eigenvalue weighted by atomic mass is 35.5. The van der Waals surface area contributed by atoms with Gasteiger partial charge in [-0.1, -0.05) is 30.3 Å². The fourth-order valence-electron chi connectivity index (χ4n) is 2.89. The molecular weight excluding hydrogens is 345 g/mol. The fraction of sp³-hybridized carbons (Fsp3) is 0.333. The number of nitrogens with zero attached hydrogens (tertiary/aromatic N) is 2. The molecule has 1 atom stereocenters. The van der Waals surface area contributed by atoms with Gasteiger partial charge < -0.3 is 4.74 Å². The summed E-state index contributed by atoms with van der Waals surface area (Å²) in [4.78, 5) is 16.9. The van der Waals surface area contributed by atoms with Gasteiger partial charge >= 0.3 is 5.97 Å². The molecule has 1 aromatic carbocycles. The Balaban J connectivity index is 2.10. The molecule has 0 spiro atoms. The second kappa shape index (κ2) is 6.98. The lowest BCUT2D eigenvalue weighted by Gasteiger charge is -2.33. The average Bonchev–Trinajstić information content (AvgIpc) is 3.39. The molecule has 1 aliphatic heterocycles. The van der Waals surface area contributed by atoms with Gasteiger partial charge in [0.05, 0.1) is 7.11 Å². The van der Waals surface area contributed by atoms with Crippen LogP contribution >= 0.6 is 11.6 Å². The van der Waals surface area contributed by atoms with Gasteiger partial charge in [-0.2, -0.15) is 0 Å². The highest BCUT2D eigenvalue weighted by Gasteiger charge is 2.36. The molecule has 1 heterocycles. The molecular formula is C18H19ClFN3O2. The normalized spacial score (nSPS) is 20.4. The zero-order chi connectivity index (χ0) is 18.1. The molecule has 1 unspecified atom stereocenters. The SMILES string of the molecule is C=CC1=C(C(=O)OC)N(N)C(c2ccc(Cl)cc2F)N=C1CC1CC1. The van der Waals surface area contributed by atoms with E-state index < -0.39 is 18.0 Å². The number of benzene rings is 1. The molecule has 0 bridgehead atoms. The number of nitrogens with two attached hydrogens (primary N) is 1. The summed E-state index contributed by atoms with van der Waals surface area (Å²) in [5.41, 5.74) is 1.60. The number of allylic oxidation sites excluding steroid dienone is 2. The van der Waals surface area contributed by atoms with E-state index in [-0.39, 0.29) is 16.3 Å². The number of rotatable bonds is 5. The Hall–Kier alpha value is -2.18. The molecule has 0 amide bonds. The number of hydrazine groups is 1. The van der Waals surface area contributed by atoms with E-state index in [1.165, 1.54) is 19.2 Å². The van der Waals surface area contributed by atoms with E-state index in [2.05, 4.69) is 11.6 Å². The van der Waals surface area contributed by atoms with Crippen molar-refractivity contribution in [1.29, 1.82) is 0 Å². The van der Waals surface area contributed by atoms with Gasteiger partial charge in [0.2, 0.25) is 0 Å². The standard InChI is InChI=1S/C18H19ClFN3O2/c1-3-12-15(8-10-4-5-10)22-17(23(21)16(12)18(24)25-2)13-7-6-11(19)9-14(13)20/h3,6-7,9-10,17H,1,4-5,8,21H2,2H3. The van der Waals surface area contributed by atoms with Crippen molar-refractivity contribution < 1.29 is 13.9 Å². The van der Waals surface area contributed by atoms with Crippen molar-refractivity contribution in [2.24, 2.45) is 16.8 Å². The van der Waals surface area contributed by atoms with E-state index in [0.29, 0.717) is 23.6 Å². The van der Waals surface area contributed by atoms with Crippen molar-refractivity contribution in [2.45, 2.75) is 25.4 Å². The molecule has 25 heavy (non-hydrogen) atoms. The zero-order valence-electron chi connectivity index (χ0n) is 13.8. The molecule has 0 aromatic heterocycles. The van der Waals surface area contributed by atoms with Crippen LogP contribution in [-0.2, 0) is 9.53 Å². The van der Waals surface area contributed by atoms with Crippen LogP contribution in [0.4, 0.5) is 4.39 Å². The predicted octanol–water partition coefficient (Wildman–Crippen LogP) is 3.52. The van der Waals surface area contributed by atoms with Crippen molar-refractivity contribution in [2.75, 3.05) is 7.11 Å². The Morgan fingerprint density at radius 3 is 2.84 bits per heavy atom. The highest BCUT2D eigenvalue weighted by molar-refractivity contribution is 6.30. The minimum atomic E-state index is -0.871. The van der Waals surface area contributed by atoms with E-state index in [4.69, 9.17) is 22.2 Å². The van der Waals surface area contributed by atoms with Crippen molar-refractivity contribution in [3.63, 3.8) is 0 Å². The molecule has 1 saturated carbocycles. The lowest BCUT2D eigenvalue weighted by Crippen LogP contribution is -2.42. The van der Waals surface area contributed by atoms with Crippen LogP contribution in [-0.4, -0.2) is 23.8 Å². The average molecular weight is 364 g/mol. The van der Waals surface area contributed by atoms with Gasteiger partial charge in [0, 0.05) is 21.9 Å². The Labute approximate surface area is 150 Å². The van der Waals surface area contributed by atoms with Crippen LogP contribution in [0.15, 0.2) is 47.1 Å². The maximum absolute atomic E-state index is 14.4. The first-order valence-electron chi connectivity index (χ1n) is 7.97. The molecule has 5 nitrogen and oxygen atoms in total. The van der Waals surface area contributed by atoms with Crippen LogP contribution in [0.1, 0.15) is 31.0 Å². The number of hydrogen-bond acceptors (Lipinski definition) is 5. The number of carbonyl (C=O) groups is 1. The van der Waals surface area contributed by atoms with Gasteiger partial charge in [0.25, 0.3) is 0 Å². The van der Waals surface area contributed by atoms with Crippen LogP contribution in [0.25, 0.3) is 0 Å². The number of ether oxygens (including phenoxy) is 1. The first-order chi connectivity index (χ1) is 12.0. The first kappa shape index (κ1) is 17.6. The Bertz CT molecular complexity index is 787. The molecule has 2 aliphatic rings. The zero-order valence-corrected chi connectivity index (χ0v) is 14.6. The van der Waals surface area contributed by atoms with Crippen LogP contribution < -0.4 is 5.84 Å². The van der Waals surface area contributed by atoms with Gasteiger partial charge in [-0.05, 0) is 37.3 Å². The largest absolute Gasteiger partial charge is 0.464 e. The smallest absolute Gasteiger partial charge is 0.356 e.